The van der Waals surface area contributed by atoms with E-state index in [2.05, 4.69) is 21.2 Å². The lowest BCUT2D eigenvalue weighted by Crippen LogP contribution is -2.41. The number of rotatable bonds is 7. The van der Waals surface area contributed by atoms with Crippen LogP contribution >= 0.6 is 0 Å². The summed E-state index contributed by atoms with van der Waals surface area (Å²) < 4.78 is 10.7. The monoisotopic (exact) mass is 698 g/mol. The molecule has 0 aliphatic carbocycles. The van der Waals surface area contributed by atoms with E-state index in [0.29, 0.717) is 30.1 Å². The Hall–Kier alpha value is -6.04. The highest BCUT2D eigenvalue weighted by Crippen LogP contribution is 2.37. The number of nitrogens with zero attached hydrogens (tertiary/aromatic N) is 7. The number of Topliss-reactive ketones (excluding diaryl/α,β-unsaturated/α-hetero) is 1. The molecule has 12 nitrogen and oxygen atoms in total. The van der Waals surface area contributed by atoms with Gasteiger partial charge in [0.25, 0.3) is 5.56 Å². The molecule has 7 rings (SSSR count). The van der Waals surface area contributed by atoms with Crippen molar-refractivity contribution in [3.05, 3.63) is 118 Å². The summed E-state index contributed by atoms with van der Waals surface area (Å²) in [7, 11) is 1.83. The van der Waals surface area contributed by atoms with Crippen molar-refractivity contribution in [3.63, 3.8) is 0 Å². The van der Waals surface area contributed by atoms with E-state index in [1.165, 1.54) is 6.33 Å². The number of likely N-dealkylation sites (tertiary alicyclic amines) is 1. The van der Waals surface area contributed by atoms with Gasteiger partial charge < -0.3 is 15.4 Å². The van der Waals surface area contributed by atoms with Crippen molar-refractivity contribution >= 4 is 23.2 Å². The SMILES string of the molecule is Cc1c(-c2cnn(C)c2)cc(C(=O)Cc2ccc(-c3cc(C4CCN(C(=O)OC(C)(C)C)CC4)n4ncnc(N)c34)cc2)c(=O)n1-c1ccccc1. The van der Waals surface area contributed by atoms with Crippen molar-refractivity contribution in [3.8, 4) is 27.9 Å². The highest BCUT2D eigenvalue weighted by atomic mass is 16.6. The molecule has 5 heterocycles. The normalized spacial score (nSPS) is 13.8. The van der Waals surface area contributed by atoms with E-state index in [0.717, 1.165) is 52.0 Å². The van der Waals surface area contributed by atoms with Gasteiger partial charge >= 0.3 is 6.09 Å². The number of anilines is 1. The summed E-state index contributed by atoms with van der Waals surface area (Å²) >= 11 is 0. The van der Waals surface area contributed by atoms with E-state index >= 15 is 0 Å². The third-order valence-corrected chi connectivity index (χ3v) is 9.58. The van der Waals surface area contributed by atoms with Crippen molar-refractivity contribution in [1.29, 1.82) is 0 Å². The number of carbonyl (C=O) groups excluding carboxylic acids is 2. The van der Waals surface area contributed by atoms with Crippen molar-refractivity contribution in [1.82, 2.24) is 33.8 Å². The number of aryl methyl sites for hydroxylation is 1. The van der Waals surface area contributed by atoms with Gasteiger partial charge in [-0.3, -0.25) is 18.8 Å². The molecular weight excluding hydrogens is 656 g/mol. The minimum atomic E-state index is -0.549. The fourth-order valence-electron chi connectivity index (χ4n) is 7.01. The average Bonchev–Trinajstić information content (AvgIpc) is 3.73. The second-order valence-corrected chi connectivity index (χ2v) is 14.4. The maximum atomic E-state index is 13.9. The van der Waals surface area contributed by atoms with Gasteiger partial charge in [0.05, 0.1) is 11.8 Å². The molecule has 1 saturated heterocycles. The molecule has 1 fully saturated rings. The highest BCUT2D eigenvalue weighted by Gasteiger charge is 2.30. The van der Waals surface area contributed by atoms with Crippen LogP contribution < -0.4 is 11.3 Å². The first-order valence-electron chi connectivity index (χ1n) is 17.4. The van der Waals surface area contributed by atoms with Gasteiger partial charge in [0.2, 0.25) is 0 Å². The van der Waals surface area contributed by atoms with Crippen molar-refractivity contribution in [2.75, 3.05) is 18.8 Å². The van der Waals surface area contributed by atoms with Gasteiger partial charge in [-0.1, -0.05) is 42.5 Å². The van der Waals surface area contributed by atoms with Crippen molar-refractivity contribution in [2.24, 2.45) is 7.05 Å². The number of ketones is 1. The molecule has 0 atom stereocenters. The predicted octanol–water partition coefficient (Wildman–Crippen LogP) is 6.38. The largest absolute Gasteiger partial charge is 0.444 e. The van der Waals surface area contributed by atoms with Crippen LogP contribution in [0.25, 0.3) is 33.5 Å². The number of aromatic nitrogens is 6. The number of piperidine rings is 1. The summed E-state index contributed by atoms with van der Waals surface area (Å²) in [5, 5.41) is 8.88. The Balaban J connectivity index is 1.16. The molecule has 266 valence electrons. The quantitative estimate of drug-likeness (QED) is 0.189. The van der Waals surface area contributed by atoms with Gasteiger partial charge in [-0.25, -0.2) is 14.3 Å². The molecule has 52 heavy (non-hydrogen) atoms. The maximum absolute atomic E-state index is 13.9. The Bertz CT molecular complexity index is 2340. The summed E-state index contributed by atoms with van der Waals surface area (Å²) in [6, 6.07) is 20.9. The fraction of sp³-hybridized carbons (Fsp3) is 0.300. The molecule has 4 aromatic heterocycles. The minimum Gasteiger partial charge on any atom is -0.444 e. The van der Waals surface area contributed by atoms with Gasteiger partial charge in [-0.15, -0.1) is 0 Å². The third kappa shape index (κ3) is 6.71. The standard InChI is InChI=1S/C40H42N8O4/c1-25-31(29-22-43-45(5)23-29)20-33(38(50)47(25)30-9-7-6-8-10-30)35(49)19-26-11-13-27(14-12-26)32-21-34(48-36(32)37(41)42-24-44-48)28-15-17-46(18-16-28)39(51)52-40(2,3)4/h6-14,20-24,28H,15-19H2,1-5H3,(H2,41,42,44). The number of para-hydroxylation sites is 1. The Kier molecular flexibility index (Phi) is 8.99. The van der Waals surface area contributed by atoms with Gasteiger partial charge in [0.15, 0.2) is 11.6 Å². The molecule has 6 aromatic rings. The maximum Gasteiger partial charge on any atom is 0.410 e. The number of fused-ring (bicyclic) bond motifs is 1. The number of benzene rings is 2. The van der Waals surface area contributed by atoms with E-state index in [9.17, 15) is 14.4 Å². The molecule has 0 spiro atoms. The Morgan fingerprint density at radius 2 is 1.65 bits per heavy atom. The molecule has 12 heteroatoms. The van der Waals surface area contributed by atoms with E-state index in [1.54, 1.807) is 26.4 Å². The Morgan fingerprint density at radius 1 is 0.942 bits per heavy atom. The molecular formula is C40H42N8O4. The van der Waals surface area contributed by atoms with Crippen LogP contribution in [0.3, 0.4) is 0 Å². The molecule has 0 saturated carbocycles. The van der Waals surface area contributed by atoms with Gasteiger partial charge in [-0.05, 0) is 75.9 Å². The Morgan fingerprint density at radius 3 is 2.31 bits per heavy atom. The first-order chi connectivity index (χ1) is 24.9. The minimum absolute atomic E-state index is 0.0447. The van der Waals surface area contributed by atoms with Crippen LogP contribution in [0.4, 0.5) is 10.6 Å². The molecule has 1 aliphatic rings. The zero-order valence-electron chi connectivity index (χ0n) is 30.0. The summed E-state index contributed by atoms with van der Waals surface area (Å²) in [5.74, 6) is 0.233. The first-order valence-corrected chi connectivity index (χ1v) is 17.4. The molecule has 1 amide bonds. The summed E-state index contributed by atoms with van der Waals surface area (Å²) in [4.78, 5) is 46.5. The number of hydrogen-bond acceptors (Lipinski definition) is 8. The lowest BCUT2D eigenvalue weighted by atomic mass is 9.93. The predicted molar refractivity (Wildman–Crippen MR) is 200 cm³/mol. The van der Waals surface area contributed by atoms with Crippen LogP contribution in [-0.2, 0) is 18.2 Å². The van der Waals surface area contributed by atoms with Crippen LogP contribution in [0.15, 0.2) is 90.2 Å². The zero-order chi connectivity index (χ0) is 36.7. The smallest absolute Gasteiger partial charge is 0.410 e. The molecule has 1 aliphatic heterocycles. The van der Waals surface area contributed by atoms with Crippen LogP contribution in [0.5, 0.6) is 0 Å². The Labute approximate surface area is 301 Å². The lowest BCUT2D eigenvalue weighted by Gasteiger charge is -2.33. The second-order valence-electron chi connectivity index (χ2n) is 14.4. The van der Waals surface area contributed by atoms with Gasteiger partial charge in [-0.2, -0.15) is 10.2 Å². The third-order valence-electron chi connectivity index (χ3n) is 9.58. The van der Waals surface area contributed by atoms with Crippen molar-refractivity contribution in [2.45, 2.75) is 58.5 Å². The van der Waals surface area contributed by atoms with Crippen LogP contribution in [0.2, 0.25) is 0 Å². The number of ether oxygens (including phenoxy) is 1. The van der Waals surface area contributed by atoms with Crippen molar-refractivity contribution < 1.29 is 14.3 Å². The number of nitrogen functional groups attached to an aromatic ring is 1. The van der Waals surface area contributed by atoms with E-state index in [-0.39, 0.29) is 35.3 Å². The number of hydrogen-bond donors (Lipinski definition) is 1. The van der Waals surface area contributed by atoms with Crippen LogP contribution in [0.1, 0.15) is 66.8 Å². The van der Waals surface area contributed by atoms with Crippen LogP contribution in [-0.4, -0.2) is 64.4 Å². The topological polar surface area (TPSA) is 143 Å². The van der Waals surface area contributed by atoms with E-state index in [1.807, 2.05) is 100 Å². The van der Waals surface area contributed by atoms with Gasteiger partial charge in [0, 0.05) is 72.4 Å². The fourth-order valence-corrected chi connectivity index (χ4v) is 7.01. The zero-order valence-corrected chi connectivity index (χ0v) is 30.0. The number of nitrogens with two attached hydrogens (primary N) is 1. The lowest BCUT2D eigenvalue weighted by molar-refractivity contribution is 0.0203. The first kappa shape index (κ1) is 34.4. The van der Waals surface area contributed by atoms with Gasteiger partial charge in [0.1, 0.15) is 17.4 Å². The molecule has 0 unspecified atom stereocenters. The summed E-state index contributed by atoms with van der Waals surface area (Å²) in [6.07, 6.45) is 6.31. The van der Waals surface area contributed by atoms with Crippen LogP contribution in [0, 0.1) is 6.92 Å². The second kappa shape index (κ2) is 13.6. The summed E-state index contributed by atoms with van der Waals surface area (Å²) in [5.41, 5.74) is 12.9. The average molecular weight is 699 g/mol. The molecule has 2 N–H and O–H groups in total. The molecule has 2 aromatic carbocycles. The highest BCUT2D eigenvalue weighted by molar-refractivity contribution is 5.98. The number of amides is 1. The molecule has 0 radical (unpaired) electrons. The van der Waals surface area contributed by atoms with E-state index < -0.39 is 5.60 Å². The number of carbonyl (C=O) groups is 2. The molecule has 0 bridgehead atoms. The van der Waals surface area contributed by atoms with E-state index in [4.69, 9.17) is 10.5 Å². The number of pyridine rings is 1. The summed E-state index contributed by atoms with van der Waals surface area (Å²) in [6.45, 7) is 8.64.